The average molecular weight is 331 g/mol. The fourth-order valence-electron chi connectivity index (χ4n) is 3.11. The lowest BCUT2D eigenvalue weighted by atomic mass is 10.2. The zero-order valence-electron chi connectivity index (χ0n) is 14.6. The van der Waals surface area contributed by atoms with Crippen LogP contribution in [-0.4, -0.2) is 38.8 Å². The van der Waals surface area contributed by atoms with Crippen molar-refractivity contribution in [2.45, 2.75) is 53.2 Å². The summed E-state index contributed by atoms with van der Waals surface area (Å²) in [5.74, 6) is 0.377. The zero-order chi connectivity index (χ0) is 17.1. The van der Waals surface area contributed by atoms with Crippen molar-refractivity contribution in [1.82, 2.24) is 25.2 Å². The first-order chi connectivity index (χ1) is 11.6. The summed E-state index contributed by atoms with van der Waals surface area (Å²) in [7, 11) is 0. The van der Waals surface area contributed by atoms with Crippen molar-refractivity contribution < 1.29 is 9.32 Å². The predicted molar refractivity (Wildman–Crippen MR) is 89.6 cm³/mol. The van der Waals surface area contributed by atoms with Crippen LogP contribution in [0.1, 0.15) is 53.0 Å². The third kappa shape index (κ3) is 3.51. The maximum Gasteiger partial charge on any atom is 0.257 e. The Morgan fingerprint density at radius 2 is 2.21 bits per heavy atom. The van der Waals surface area contributed by atoms with Crippen molar-refractivity contribution in [1.29, 1.82) is 0 Å². The molecule has 2 aromatic heterocycles. The van der Waals surface area contributed by atoms with Gasteiger partial charge in [-0.25, -0.2) is 0 Å². The molecule has 1 N–H and O–H groups in total. The largest absolute Gasteiger partial charge is 0.361 e. The Labute approximate surface area is 142 Å². The van der Waals surface area contributed by atoms with Crippen LogP contribution in [0.2, 0.25) is 0 Å². The number of rotatable bonds is 6. The molecule has 0 aromatic carbocycles. The molecule has 7 heteroatoms. The van der Waals surface area contributed by atoms with Crippen LogP contribution in [0.25, 0.3) is 0 Å². The second kappa shape index (κ2) is 7.17. The van der Waals surface area contributed by atoms with Gasteiger partial charge in [0.2, 0.25) is 0 Å². The first kappa shape index (κ1) is 16.7. The van der Waals surface area contributed by atoms with E-state index >= 15 is 0 Å². The Kier molecular flexibility index (Phi) is 4.99. The van der Waals surface area contributed by atoms with E-state index in [0.717, 1.165) is 31.9 Å². The number of unbranched alkanes of at least 4 members (excludes halogenated alkanes) is 1. The van der Waals surface area contributed by atoms with E-state index in [4.69, 9.17) is 4.52 Å². The molecule has 130 valence electrons. The van der Waals surface area contributed by atoms with Crippen LogP contribution >= 0.6 is 0 Å². The molecule has 0 radical (unpaired) electrons. The number of hydrogen-bond acceptors (Lipinski definition) is 5. The van der Waals surface area contributed by atoms with Crippen LogP contribution in [0.15, 0.2) is 10.6 Å². The van der Waals surface area contributed by atoms with Crippen LogP contribution in [0.5, 0.6) is 0 Å². The number of carbonyl (C=O) groups is 1. The maximum absolute atomic E-state index is 12.3. The standard InChI is InChI=1S/C17H25N5O2/c1-4-5-6-21-7-8-22-15(11-21)9-14(19-22)10-18-17(23)16-12(2)20-24-13(16)3/h9H,4-8,10-11H2,1-3H3,(H,18,23). The van der Waals surface area contributed by atoms with E-state index in [-0.39, 0.29) is 5.91 Å². The minimum absolute atomic E-state index is 0.165. The molecule has 0 aliphatic carbocycles. The van der Waals surface area contributed by atoms with E-state index in [9.17, 15) is 4.79 Å². The quantitative estimate of drug-likeness (QED) is 0.876. The Bertz CT molecular complexity index is 699. The van der Waals surface area contributed by atoms with E-state index < -0.39 is 0 Å². The van der Waals surface area contributed by atoms with Gasteiger partial charge in [-0.05, 0) is 32.9 Å². The Hall–Kier alpha value is -2.15. The van der Waals surface area contributed by atoms with Gasteiger partial charge < -0.3 is 9.84 Å². The van der Waals surface area contributed by atoms with Crippen molar-refractivity contribution in [2.24, 2.45) is 0 Å². The van der Waals surface area contributed by atoms with E-state index in [2.05, 4.69) is 38.1 Å². The molecule has 0 bridgehead atoms. The first-order valence-corrected chi connectivity index (χ1v) is 8.57. The fourth-order valence-corrected chi connectivity index (χ4v) is 3.11. The highest BCUT2D eigenvalue weighted by atomic mass is 16.5. The molecule has 2 aromatic rings. The highest BCUT2D eigenvalue weighted by Crippen LogP contribution is 2.15. The summed E-state index contributed by atoms with van der Waals surface area (Å²) in [6.07, 6.45) is 2.45. The normalized spacial score (nSPS) is 14.6. The van der Waals surface area contributed by atoms with Crippen molar-refractivity contribution in [3.63, 3.8) is 0 Å². The molecule has 0 atom stereocenters. The number of aryl methyl sites for hydroxylation is 2. The zero-order valence-corrected chi connectivity index (χ0v) is 14.6. The van der Waals surface area contributed by atoms with Crippen molar-refractivity contribution >= 4 is 5.91 Å². The summed E-state index contributed by atoms with van der Waals surface area (Å²) in [6.45, 7) is 10.2. The number of aromatic nitrogens is 3. The van der Waals surface area contributed by atoms with Crippen molar-refractivity contribution in [3.05, 3.63) is 34.5 Å². The lowest BCUT2D eigenvalue weighted by molar-refractivity contribution is 0.0948. The lowest BCUT2D eigenvalue weighted by Crippen LogP contribution is -2.34. The molecule has 0 unspecified atom stereocenters. The Morgan fingerprint density at radius 1 is 1.38 bits per heavy atom. The van der Waals surface area contributed by atoms with Gasteiger partial charge in [-0.1, -0.05) is 18.5 Å². The van der Waals surface area contributed by atoms with Crippen LogP contribution in [0, 0.1) is 13.8 Å². The highest BCUT2D eigenvalue weighted by molar-refractivity contribution is 5.95. The van der Waals surface area contributed by atoms with Gasteiger partial charge in [0.1, 0.15) is 11.3 Å². The maximum atomic E-state index is 12.3. The molecule has 0 fully saturated rings. The molecule has 0 saturated carbocycles. The topological polar surface area (TPSA) is 76.2 Å². The molecule has 1 amide bonds. The summed E-state index contributed by atoms with van der Waals surface area (Å²) < 4.78 is 7.10. The summed E-state index contributed by atoms with van der Waals surface area (Å²) in [5.41, 5.74) is 3.24. The summed E-state index contributed by atoms with van der Waals surface area (Å²) in [4.78, 5) is 14.7. The minimum Gasteiger partial charge on any atom is -0.361 e. The third-order valence-corrected chi connectivity index (χ3v) is 4.45. The van der Waals surface area contributed by atoms with Crippen LogP contribution < -0.4 is 5.32 Å². The molecule has 3 rings (SSSR count). The number of carbonyl (C=O) groups excluding carboxylic acids is 1. The smallest absolute Gasteiger partial charge is 0.257 e. The van der Waals surface area contributed by atoms with Crippen molar-refractivity contribution in [3.8, 4) is 0 Å². The van der Waals surface area contributed by atoms with Crippen LogP contribution in [0.3, 0.4) is 0 Å². The molecule has 3 heterocycles. The molecule has 1 aliphatic rings. The van der Waals surface area contributed by atoms with E-state index in [1.807, 2.05) is 0 Å². The predicted octanol–water partition coefficient (Wildman–Crippen LogP) is 2.03. The number of nitrogens with one attached hydrogen (secondary N) is 1. The average Bonchev–Trinajstić information content (AvgIpc) is 3.13. The molecule has 0 saturated heterocycles. The van der Waals surface area contributed by atoms with Gasteiger partial charge in [0.25, 0.3) is 5.91 Å². The molecule has 1 aliphatic heterocycles. The monoisotopic (exact) mass is 331 g/mol. The van der Waals surface area contributed by atoms with Gasteiger partial charge in [0, 0.05) is 13.1 Å². The number of nitrogens with zero attached hydrogens (tertiary/aromatic N) is 4. The Morgan fingerprint density at radius 3 is 2.92 bits per heavy atom. The summed E-state index contributed by atoms with van der Waals surface area (Å²) >= 11 is 0. The van der Waals surface area contributed by atoms with Gasteiger partial charge in [0.15, 0.2) is 0 Å². The number of hydrogen-bond donors (Lipinski definition) is 1. The van der Waals surface area contributed by atoms with Gasteiger partial charge in [-0.15, -0.1) is 0 Å². The number of fused-ring (bicyclic) bond motifs is 1. The minimum atomic E-state index is -0.165. The van der Waals surface area contributed by atoms with Gasteiger partial charge in [0.05, 0.1) is 30.2 Å². The van der Waals surface area contributed by atoms with Crippen LogP contribution in [-0.2, 0) is 19.6 Å². The molecule has 0 spiro atoms. The first-order valence-electron chi connectivity index (χ1n) is 8.57. The second-order valence-corrected chi connectivity index (χ2v) is 6.36. The second-order valence-electron chi connectivity index (χ2n) is 6.36. The fraction of sp³-hybridized carbons (Fsp3) is 0.588. The third-order valence-electron chi connectivity index (χ3n) is 4.45. The van der Waals surface area contributed by atoms with E-state index in [1.165, 1.54) is 18.5 Å². The Balaban J connectivity index is 1.60. The van der Waals surface area contributed by atoms with E-state index in [1.54, 1.807) is 13.8 Å². The summed E-state index contributed by atoms with van der Waals surface area (Å²) in [6, 6.07) is 2.09. The molecular weight excluding hydrogens is 306 g/mol. The van der Waals surface area contributed by atoms with Crippen molar-refractivity contribution in [2.75, 3.05) is 13.1 Å². The van der Waals surface area contributed by atoms with E-state index in [0.29, 0.717) is 23.6 Å². The SMILES string of the molecule is CCCCN1CCn2nc(CNC(=O)c3c(C)noc3C)cc2C1. The lowest BCUT2D eigenvalue weighted by Gasteiger charge is -2.27. The summed E-state index contributed by atoms with van der Waals surface area (Å²) in [5, 5.41) is 11.3. The number of amides is 1. The molecule has 24 heavy (non-hydrogen) atoms. The van der Waals surface area contributed by atoms with Gasteiger partial charge >= 0.3 is 0 Å². The van der Waals surface area contributed by atoms with Crippen LogP contribution in [0.4, 0.5) is 0 Å². The molecule has 7 nitrogen and oxygen atoms in total. The van der Waals surface area contributed by atoms with Gasteiger partial charge in [-0.3, -0.25) is 14.4 Å². The van der Waals surface area contributed by atoms with Gasteiger partial charge in [-0.2, -0.15) is 5.10 Å². The highest BCUT2D eigenvalue weighted by Gasteiger charge is 2.20. The molecular formula is C17H25N5O2.